The predicted octanol–water partition coefficient (Wildman–Crippen LogP) is 12.9. The molecule has 0 heterocycles. The van der Waals surface area contributed by atoms with E-state index >= 15 is 0 Å². The molecule has 0 aliphatic heterocycles. The van der Waals surface area contributed by atoms with Crippen LogP contribution in [0.4, 0.5) is 0 Å². The fraction of sp³-hybridized carbons (Fsp3) is 0.0385. The van der Waals surface area contributed by atoms with Crippen molar-refractivity contribution in [1.29, 1.82) is 10.5 Å². The van der Waals surface area contributed by atoms with Gasteiger partial charge in [-0.1, -0.05) is 47.5 Å². The molecular formula is C52H36N2O14S3. The molecule has 0 aromatic heterocycles. The second-order valence-electron chi connectivity index (χ2n) is 14.9. The summed E-state index contributed by atoms with van der Waals surface area (Å²) in [7, 11) is -8.06. The average molecular weight is 1010 g/mol. The second kappa shape index (κ2) is 21.5. The topological polar surface area (TPSA) is 230 Å². The van der Waals surface area contributed by atoms with Gasteiger partial charge < -0.3 is 28.4 Å². The van der Waals surface area contributed by atoms with E-state index in [9.17, 15) is 31.9 Å². The molecule has 0 saturated heterocycles. The van der Waals surface area contributed by atoms with E-state index in [1.807, 2.05) is 55.5 Å². The Morgan fingerprint density at radius 3 is 1.35 bits per heavy atom. The van der Waals surface area contributed by atoms with Gasteiger partial charge in [-0.2, -0.15) is 18.9 Å². The smallest absolute Gasteiger partial charge is 0.298 e. The maximum absolute atomic E-state index is 13.5. The number of nitrogens with zero attached hydrogens (tertiary/aromatic N) is 2. The van der Waals surface area contributed by atoms with Gasteiger partial charge in [0.25, 0.3) is 10.1 Å². The molecule has 8 rings (SSSR count). The van der Waals surface area contributed by atoms with Gasteiger partial charge in [-0.15, -0.1) is 4.33 Å². The predicted molar refractivity (Wildman–Crippen MR) is 258 cm³/mol. The monoisotopic (exact) mass is 1010 g/mol. The number of hydrogen-bond acceptors (Lipinski definition) is 16. The van der Waals surface area contributed by atoms with E-state index in [1.54, 1.807) is 84.9 Å². The summed E-state index contributed by atoms with van der Waals surface area (Å²) in [5.74, 6) is 3.64. The lowest BCUT2D eigenvalue weighted by Gasteiger charge is -2.14. The van der Waals surface area contributed by atoms with Gasteiger partial charge in [-0.3, -0.25) is 4.55 Å². The van der Waals surface area contributed by atoms with Crippen LogP contribution in [0.1, 0.15) is 16.7 Å². The highest BCUT2D eigenvalue weighted by Crippen LogP contribution is 2.40. The third-order valence-corrected chi connectivity index (χ3v) is 13.6. The zero-order valence-electron chi connectivity index (χ0n) is 37.1. The summed E-state index contributed by atoms with van der Waals surface area (Å²) in [6.07, 6.45) is 0. The van der Waals surface area contributed by atoms with Gasteiger partial charge in [0.1, 0.15) is 85.8 Å². The fourth-order valence-electron chi connectivity index (χ4n) is 6.91. The molecule has 0 saturated carbocycles. The van der Waals surface area contributed by atoms with Gasteiger partial charge in [0.2, 0.25) is 9.84 Å². The number of hydrogen-bond donors (Lipinski definition) is 2. The molecule has 0 spiro atoms. The number of nitriles is 2. The van der Waals surface area contributed by atoms with Gasteiger partial charge in [-0.05, 0) is 151 Å². The Bertz CT molecular complexity index is 3540. The SMILES string of the molecule is COc1ccc(S(=O)(=O)c2ccc(Oc3ccc(Oc4ccc(Oc5cccc(Oc6ccc(-c7ccc(Oc8cccc(C)c8C#N)cc7)cc6)c5C#N)cc4)cc3)c(SOOO)c2)cc1S(=O)(=O)O. The fourth-order valence-corrected chi connectivity index (χ4v) is 9.52. The molecular weight excluding hydrogens is 973 g/mol. The number of sulfone groups is 1. The van der Waals surface area contributed by atoms with E-state index in [0.717, 1.165) is 48.1 Å². The van der Waals surface area contributed by atoms with Gasteiger partial charge in [0, 0.05) is 0 Å². The first-order valence-electron chi connectivity index (χ1n) is 20.8. The van der Waals surface area contributed by atoms with E-state index in [1.165, 1.54) is 12.1 Å². The van der Waals surface area contributed by atoms with E-state index in [2.05, 4.69) is 21.5 Å². The van der Waals surface area contributed by atoms with Crippen LogP contribution in [-0.4, -0.2) is 33.8 Å². The summed E-state index contributed by atoms with van der Waals surface area (Å²) in [6, 6.07) is 49.7. The molecule has 0 radical (unpaired) electrons. The van der Waals surface area contributed by atoms with Crippen molar-refractivity contribution in [2.24, 2.45) is 0 Å². The van der Waals surface area contributed by atoms with Crippen LogP contribution in [0.15, 0.2) is 189 Å². The van der Waals surface area contributed by atoms with E-state index in [4.69, 9.17) is 33.7 Å². The zero-order valence-corrected chi connectivity index (χ0v) is 39.5. The summed E-state index contributed by atoms with van der Waals surface area (Å²) in [5.41, 5.74) is 3.39. The Labute approximate surface area is 411 Å². The molecule has 16 nitrogen and oxygen atoms in total. The van der Waals surface area contributed by atoms with Crippen molar-refractivity contribution in [3.05, 3.63) is 187 Å². The number of rotatable bonds is 18. The molecule has 0 aliphatic rings. The van der Waals surface area contributed by atoms with Gasteiger partial charge in [0.15, 0.2) is 0 Å². The first-order chi connectivity index (χ1) is 34.3. The Morgan fingerprint density at radius 1 is 0.493 bits per heavy atom. The highest BCUT2D eigenvalue weighted by molar-refractivity contribution is 7.94. The summed E-state index contributed by atoms with van der Waals surface area (Å²) >= 11 is 0.432. The van der Waals surface area contributed by atoms with E-state index in [-0.39, 0.29) is 32.6 Å². The Morgan fingerprint density at radius 2 is 0.901 bits per heavy atom. The van der Waals surface area contributed by atoms with Crippen LogP contribution in [-0.2, 0) is 29.3 Å². The standard InChI is InChI=1S/C52H36N2O14S3/c1-33-5-3-6-46(44(33)31-53)63-38-13-9-34(10-14-38)35-11-15-39(16-12-35)64-47-7-4-8-48(45(47)32-54)65-40-21-17-36(18-22-40)62-37-19-23-41(24-20-37)66-49-27-25-42(29-51(49)69-68-67-55)70(56,57)43-26-28-50(61-2)52(30-43)71(58,59)60/h3-30,55H,1-2H3,(H,58,59,60). The average Bonchev–Trinajstić information content (AvgIpc) is 3.37. The van der Waals surface area contributed by atoms with E-state index in [0.29, 0.717) is 63.6 Å². The first-order valence-corrected chi connectivity index (χ1v) is 24.4. The summed E-state index contributed by atoms with van der Waals surface area (Å²) in [6.45, 7) is 1.86. The number of ether oxygens (including phenoxy) is 6. The Balaban J connectivity index is 0.887. The van der Waals surface area contributed by atoms with Gasteiger partial charge in [-0.25, -0.2) is 13.7 Å². The molecule has 356 valence electrons. The van der Waals surface area contributed by atoms with Crippen molar-refractivity contribution >= 4 is 32.0 Å². The lowest BCUT2D eigenvalue weighted by atomic mass is 10.1. The lowest BCUT2D eigenvalue weighted by molar-refractivity contribution is -0.432. The van der Waals surface area contributed by atoms with Crippen molar-refractivity contribution in [1.82, 2.24) is 0 Å². The third-order valence-electron chi connectivity index (χ3n) is 10.4. The normalized spacial score (nSPS) is 11.2. The molecule has 0 amide bonds. The van der Waals surface area contributed by atoms with Crippen molar-refractivity contribution in [2.75, 3.05) is 7.11 Å². The minimum Gasteiger partial charge on any atom is -0.495 e. The minimum atomic E-state index is -4.84. The van der Waals surface area contributed by atoms with Crippen LogP contribution in [0.25, 0.3) is 11.1 Å². The van der Waals surface area contributed by atoms with Crippen molar-refractivity contribution in [3.63, 3.8) is 0 Å². The summed E-state index contributed by atoms with van der Waals surface area (Å²) < 4.78 is 100. The number of aryl methyl sites for hydroxylation is 1. The van der Waals surface area contributed by atoms with Gasteiger partial charge in [0.05, 0.1) is 39.4 Å². The maximum Gasteiger partial charge on any atom is 0.298 e. The molecule has 8 aromatic rings. The van der Waals surface area contributed by atoms with Crippen LogP contribution < -0.4 is 28.4 Å². The summed E-state index contributed by atoms with van der Waals surface area (Å²) in [5, 5.41) is 32.2. The molecule has 0 bridgehead atoms. The van der Waals surface area contributed by atoms with Crippen LogP contribution in [0, 0.1) is 29.6 Å². The molecule has 19 heteroatoms. The highest BCUT2D eigenvalue weighted by atomic mass is 32.2. The molecule has 0 atom stereocenters. The van der Waals surface area contributed by atoms with Crippen LogP contribution >= 0.6 is 12.0 Å². The molecule has 0 unspecified atom stereocenters. The molecule has 8 aromatic carbocycles. The number of benzene rings is 8. The quantitative estimate of drug-likeness (QED) is 0.0352. The first kappa shape index (κ1) is 49.1. The van der Waals surface area contributed by atoms with Gasteiger partial charge >= 0.3 is 0 Å². The minimum absolute atomic E-state index is 0.0425. The Hall–Kier alpha value is -8.37. The van der Waals surface area contributed by atoms with Crippen molar-refractivity contribution < 1.29 is 64.4 Å². The summed E-state index contributed by atoms with van der Waals surface area (Å²) in [4.78, 5) is -1.47. The lowest BCUT2D eigenvalue weighted by Crippen LogP contribution is -2.07. The maximum atomic E-state index is 13.5. The van der Waals surface area contributed by atoms with Crippen LogP contribution in [0.2, 0.25) is 0 Å². The zero-order chi connectivity index (χ0) is 50.1. The molecule has 2 N–H and O–H groups in total. The largest absolute Gasteiger partial charge is 0.495 e. The third kappa shape index (κ3) is 11.6. The number of methoxy groups -OCH3 is 1. The highest BCUT2D eigenvalue weighted by Gasteiger charge is 2.26. The van der Waals surface area contributed by atoms with Crippen LogP contribution in [0.5, 0.6) is 63.2 Å². The Kier molecular flexibility index (Phi) is 14.9. The van der Waals surface area contributed by atoms with E-state index < -0.39 is 29.7 Å². The van der Waals surface area contributed by atoms with Crippen molar-refractivity contribution in [3.8, 4) is 86.5 Å². The second-order valence-corrected chi connectivity index (χ2v) is 19.0. The molecule has 71 heavy (non-hydrogen) atoms. The molecule has 0 aliphatic carbocycles. The molecule has 0 fully saturated rings. The van der Waals surface area contributed by atoms with Crippen LogP contribution in [0.3, 0.4) is 0 Å². The van der Waals surface area contributed by atoms with Crippen molar-refractivity contribution in [2.45, 2.75) is 26.5 Å².